The number of carbonyl (C=O) groups excluding carboxylic acids is 1. The van der Waals surface area contributed by atoms with Gasteiger partial charge in [0.05, 0.1) is 31.2 Å². The number of rotatable bonds is 3. The van der Waals surface area contributed by atoms with E-state index in [2.05, 4.69) is 10.3 Å². The lowest BCUT2D eigenvalue weighted by Gasteiger charge is -2.26. The Labute approximate surface area is 152 Å². The average molecular weight is 348 g/mol. The quantitative estimate of drug-likeness (QED) is 0.902. The number of anilines is 1. The van der Waals surface area contributed by atoms with Gasteiger partial charge in [-0.1, -0.05) is 18.2 Å². The van der Waals surface area contributed by atoms with Crippen LogP contribution < -0.4 is 14.8 Å². The van der Waals surface area contributed by atoms with Crippen LogP contribution in [0, 0.1) is 0 Å². The maximum atomic E-state index is 12.7. The molecule has 2 aromatic rings. The van der Waals surface area contributed by atoms with Crippen LogP contribution in [0.15, 0.2) is 58.7 Å². The van der Waals surface area contributed by atoms with Gasteiger partial charge in [-0.05, 0) is 42.2 Å². The van der Waals surface area contributed by atoms with E-state index >= 15 is 0 Å². The van der Waals surface area contributed by atoms with Gasteiger partial charge in [0, 0.05) is 18.3 Å². The van der Waals surface area contributed by atoms with Gasteiger partial charge in [0.1, 0.15) is 0 Å². The summed E-state index contributed by atoms with van der Waals surface area (Å²) in [6, 6.07) is 13.7. The lowest BCUT2D eigenvalue weighted by molar-refractivity contribution is -0.115. The molecule has 0 aromatic heterocycles. The SMILES string of the molecule is COc1ccc([C@@H]2CC(=O)C3=C(C2)Nc2ccccc2N=C3)cc1OC. The van der Waals surface area contributed by atoms with E-state index < -0.39 is 0 Å². The standard InChI is InChI=1S/C21H20N2O3/c1-25-20-8-7-13(11-21(20)26-2)14-9-18-15(19(24)10-14)12-22-16-5-3-4-6-17(16)23-18/h3-8,11-12,14,23H,9-10H2,1-2H3/t14-/m0/s1. The first-order chi connectivity index (χ1) is 12.7. The number of hydrogen-bond donors (Lipinski definition) is 1. The van der Waals surface area contributed by atoms with Crippen LogP contribution in [0.3, 0.4) is 0 Å². The van der Waals surface area contributed by atoms with Gasteiger partial charge in [-0.2, -0.15) is 0 Å². The number of ketones is 1. The van der Waals surface area contributed by atoms with Crippen LogP contribution in [0.4, 0.5) is 11.4 Å². The third-order valence-electron chi connectivity index (χ3n) is 4.91. The molecule has 26 heavy (non-hydrogen) atoms. The third kappa shape index (κ3) is 2.86. The lowest BCUT2D eigenvalue weighted by Crippen LogP contribution is -2.22. The lowest BCUT2D eigenvalue weighted by atomic mass is 9.82. The highest BCUT2D eigenvalue weighted by Gasteiger charge is 2.29. The number of para-hydroxylation sites is 2. The highest BCUT2D eigenvalue weighted by molar-refractivity contribution is 6.16. The first-order valence-corrected chi connectivity index (χ1v) is 8.58. The monoisotopic (exact) mass is 348 g/mol. The van der Waals surface area contributed by atoms with Crippen molar-refractivity contribution in [2.45, 2.75) is 18.8 Å². The molecule has 1 aliphatic heterocycles. The van der Waals surface area contributed by atoms with Crippen LogP contribution in [0.25, 0.3) is 0 Å². The van der Waals surface area contributed by atoms with Gasteiger partial charge in [0.15, 0.2) is 17.3 Å². The number of benzene rings is 2. The average Bonchev–Trinajstić information content (AvgIpc) is 2.86. The molecule has 0 radical (unpaired) electrons. The Morgan fingerprint density at radius 1 is 1.04 bits per heavy atom. The molecule has 0 saturated carbocycles. The normalized spacial score (nSPS) is 18.5. The highest BCUT2D eigenvalue weighted by Crippen LogP contribution is 2.40. The Morgan fingerprint density at radius 3 is 2.65 bits per heavy atom. The number of allylic oxidation sites excluding steroid dienone is 2. The number of carbonyl (C=O) groups is 1. The molecule has 0 unspecified atom stereocenters. The van der Waals surface area contributed by atoms with Crippen molar-refractivity contribution in [3.63, 3.8) is 0 Å². The molecule has 5 heteroatoms. The number of fused-ring (bicyclic) bond motifs is 1. The van der Waals surface area contributed by atoms with Gasteiger partial charge in [-0.25, -0.2) is 0 Å². The van der Waals surface area contributed by atoms with Gasteiger partial charge in [-0.15, -0.1) is 0 Å². The van der Waals surface area contributed by atoms with Crippen molar-refractivity contribution in [3.05, 3.63) is 59.3 Å². The number of nitrogens with zero attached hydrogens (tertiary/aromatic N) is 1. The summed E-state index contributed by atoms with van der Waals surface area (Å²) in [4.78, 5) is 17.2. The Balaban J connectivity index is 1.67. The van der Waals surface area contributed by atoms with E-state index in [-0.39, 0.29) is 11.7 Å². The van der Waals surface area contributed by atoms with E-state index in [1.165, 1.54) is 0 Å². The molecule has 0 amide bonds. The fraction of sp³-hybridized carbons (Fsp3) is 0.238. The fourth-order valence-corrected chi connectivity index (χ4v) is 3.53. The zero-order chi connectivity index (χ0) is 18.1. The summed E-state index contributed by atoms with van der Waals surface area (Å²) in [5.41, 5.74) is 4.44. The second-order valence-corrected chi connectivity index (χ2v) is 6.44. The molecule has 0 fully saturated rings. The Hall–Kier alpha value is -3.08. The fourth-order valence-electron chi connectivity index (χ4n) is 3.53. The van der Waals surface area contributed by atoms with Crippen LogP contribution >= 0.6 is 0 Å². The van der Waals surface area contributed by atoms with E-state index in [1.807, 2.05) is 42.5 Å². The van der Waals surface area contributed by atoms with Gasteiger partial charge in [0.25, 0.3) is 0 Å². The molecule has 1 heterocycles. The molecular weight excluding hydrogens is 328 g/mol. The Morgan fingerprint density at radius 2 is 1.85 bits per heavy atom. The molecule has 132 valence electrons. The maximum Gasteiger partial charge on any atom is 0.166 e. The Kier molecular flexibility index (Phi) is 4.21. The first-order valence-electron chi connectivity index (χ1n) is 8.58. The minimum Gasteiger partial charge on any atom is -0.493 e. The molecule has 0 spiro atoms. The second-order valence-electron chi connectivity index (χ2n) is 6.44. The minimum atomic E-state index is 0.0900. The molecular formula is C21H20N2O3. The van der Waals surface area contributed by atoms with Crippen LogP contribution in [0.5, 0.6) is 11.5 Å². The van der Waals surface area contributed by atoms with Crippen molar-refractivity contribution in [1.82, 2.24) is 0 Å². The minimum absolute atomic E-state index is 0.0900. The number of ether oxygens (including phenoxy) is 2. The molecule has 0 saturated heterocycles. The summed E-state index contributed by atoms with van der Waals surface area (Å²) in [6.07, 6.45) is 2.90. The molecule has 2 aromatic carbocycles. The van der Waals surface area contributed by atoms with E-state index in [1.54, 1.807) is 20.4 Å². The number of Topliss-reactive ketones (excluding diaryl/α,β-unsaturated/α-hetero) is 1. The summed E-state index contributed by atoms with van der Waals surface area (Å²) >= 11 is 0. The summed E-state index contributed by atoms with van der Waals surface area (Å²) in [5, 5.41) is 3.42. The van der Waals surface area contributed by atoms with E-state index in [0.29, 0.717) is 23.5 Å². The van der Waals surface area contributed by atoms with Crippen molar-refractivity contribution in [1.29, 1.82) is 0 Å². The van der Waals surface area contributed by atoms with E-state index in [4.69, 9.17) is 9.47 Å². The van der Waals surface area contributed by atoms with Crippen molar-refractivity contribution in [2.24, 2.45) is 4.99 Å². The summed E-state index contributed by atoms with van der Waals surface area (Å²) in [5.74, 6) is 1.56. The van der Waals surface area contributed by atoms with Crippen molar-refractivity contribution in [3.8, 4) is 11.5 Å². The van der Waals surface area contributed by atoms with E-state index in [0.717, 1.165) is 29.1 Å². The Bertz CT molecular complexity index is 931. The highest BCUT2D eigenvalue weighted by atomic mass is 16.5. The smallest absolute Gasteiger partial charge is 0.166 e. The molecule has 4 rings (SSSR count). The van der Waals surface area contributed by atoms with Gasteiger partial charge in [-0.3, -0.25) is 9.79 Å². The molecule has 1 aliphatic carbocycles. The van der Waals surface area contributed by atoms with E-state index in [9.17, 15) is 4.79 Å². The zero-order valence-corrected chi connectivity index (χ0v) is 14.8. The number of methoxy groups -OCH3 is 2. The summed E-state index contributed by atoms with van der Waals surface area (Å²) < 4.78 is 10.7. The van der Waals surface area contributed by atoms with Crippen LogP contribution in [-0.2, 0) is 4.79 Å². The third-order valence-corrected chi connectivity index (χ3v) is 4.91. The molecule has 1 atom stereocenters. The summed E-state index contributed by atoms with van der Waals surface area (Å²) in [6.45, 7) is 0. The van der Waals surface area contributed by atoms with Crippen LogP contribution in [0.2, 0.25) is 0 Å². The zero-order valence-electron chi connectivity index (χ0n) is 14.8. The molecule has 0 bridgehead atoms. The van der Waals surface area contributed by atoms with Crippen LogP contribution in [0.1, 0.15) is 24.3 Å². The first kappa shape index (κ1) is 16.4. The molecule has 1 N–H and O–H groups in total. The van der Waals surface area contributed by atoms with Crippen LogP contribution in [-0.4, -0.2) is 26.2 Å². The predicted octanol–water partition coefficient (Wildman–Crippen LogP) is 4.23. The van der Waals surface area contributed by atoms with Crippen molar-refractivity contribution >= 4 is 23.4 Å². The molecule has 5 nitrogen and oxygen atoms in total. The van der Waals surface area contributed by atoms with Crippen molar-refractivity contribution < 1.29 is 14.3 Å². The predicted molar refractivity (Wildman–Crippen MR) is 102 cm³/mol. The number of hydrogen-bond acceptors (Lipinski definition) is 5. The topological polar surface area (TPSA) is 59.9 Å². The largest absolute Gasteiger partial charge is 0.493 e. The molecule has 2 aliphatic rings. The van der Waals surface area contributed by atoms with Crippen molar-refractivity contribution in [2.75, 3.05) is 19.5 Å². The maximum absolute atomic E-state index is 12.7. The number of nitrogens with one attached hydrogen (secondary N) is 1. The van der Waals surface area contributed by atoms with Gasteiger partial charge < -0.3 is 14.8 Å². The van der Waals surface area contributed by atoms with Gasteiger partial charge in [0.2, 0.25) is 0 Å². The summed E-state index contributed by atoms with van der Waals surface area (Å²) in [7, 11) is 3.24. The van der Waals surface area contributed by atoms with Gasteiger partial charge >= 0.3 is 0 Å². The number of aliphatic imine (C=N–C) groups is 1. The second kappa shape index (κ2) is 6.67.